The van der Waals surface area contributed by atoms with Crippen LogP contribution in [-0.4, -0.2) is 42.0 Å². The maximum Gasteiger partial charge on any atom is 0.321 e. The number of hydrogen-bond donors (Lipinski definition) is 2. The molecule has 1 unspecified atom stereocenters. The third-order valence-corrected chi connectivity index (χ3v) is 3.76. The number of hydrogen-bond acceptors (Lipinski definition) is 3. The molecular formula is C13H23N3O2. The van der Waals surface area contributed by atoms with Crippen LogP contribution in [0.3, 0.4) is 0 Å². The molecule has 5 nitrogen and oxygen atoms in total. The molecule has 102 valence electrons. The second-order valence-electron chi connectivity index (χ2n) is 5.39. The Kier molecular flexibility index (Phi) is 4.22. The summed E-state index contributed by atoms with van der Waals surface area (Å²) in [5.74, 6) is 0.559. The summed E-state index contributed by atoms with van der Waals surface area (Å²) in [6, 6.07) is 0.635. The number of carbonyl (C=O) groups is 2. The minimum atomic E-state index is -0.391. The van der Waals surface area contributed by atoms with Crippen LogP contribution in [0.5, 0.6) is 0 Å². The number of nitrogens with one attached hydrogen (secondary N) is 2. The molecule has 0 aromatic carbocycles. The van der Waals surface area contributed by atoms with Gasteiger partial charge in [0.2, 0.25) is 5.91 Å². The topological polar surface area (TPSA) is 61.4 Å². The maximum atomic E-state index is 11.8. The Labute approximate surface area is 108 Å². The lowest BCUT2D eigenvalue weighted by Crippen LogP contribution is -2.47. The molecule has 1 atom stereocenters. The molecule has 0 heterocycles. The van der Waals surface area contributed by atoms with Gasteiger partial charge in [0, 0.05) is 18.6 Å². The smallest absolute Gasteiger partial charge is 0.321 e. The molecular weight excluding hydrogens is 230 g/mol. The molecule has 0 aromatic rings. The number of amides is 3. The first kappa shape index (κ1) is 13.3. The summed E-state index contributed by atoms with van der Waals surface area (Å²) in [5.41, 5.74) is 0. The monoisotopic (exact) mass is 253 g/mol. The predicted molar refractivity (Wildman–Crippen MR) is 69.1 cm³/mol. The minimum Gasteiger partial charge on any atom is -0.338 e. The first-order chi connectivity index (χ1) is 8.61. The van der Waals surface area contributed by atoms with Crippen molar-refractivity contribution in [3.05, 3.63) is 0 Å². The number of urea groups is 1. The Balaban J connectivity index is 1.80. The summed E-state index contributed by atoms with van der Waals surface area (Å²) >= 11 is 0. The van der Waals surface area contributed by atoms with Crippen LogP contribution in [0.15, 0.2) is 0 Å². The van der Waals surface area contributed by atoms with Gasteiger partial charge in [-0.1, -0.05) is 0 Å². The summed E-state index contributed by atoms with van der Waals surface area (Å²) in [7, 11) is 0. The van der Waals surface area contributed by atoms with Gasteiger partial charge in [0.1, 0.15) is 0 Å². The Hall–Kier alpha value is -1.10. The minimum absolute atomic E-state index is 0.194. The summed E-state index contributed by atoms with van der Waals surface area (Å²) in [5, 5.41) is 4.95. The second kappa shape index (κ2) is 5.69. The average molecular weight is 253 g/mol. The second-order valence-corrected chi connectivity index (χ2v) is 5.39. The SMILES string of the molecule is CCNC(=O)NC(=O)CN(C1CC1)C(C)C1CC1. The van der Waals surface area contributed by atoms with E-state index in [0.717, 1.165) is 5.92 Å². The van der Waals surface area contributed by atoms with Gasteiger partial charge in [-0.05, 0) is 45.4 Å². The van der Waals surface area contributed by atoms with Crippen molar-refractivity contribution >= 4 is 11.9 Å². The fourth-order valence-electron chi connectivity index (χ4n) is 2.40. The molecule has 2 aliphatic carbocycles. The summed E-state index contributed by atoms with van der Waals surface area (Å²) < 4.78 is 0. The zero-order valence-corrected chi connectivity index (χ0v) is 11.2. The average Bonchev–Trinajstić information content (AvgIpc) is 3.18. The number of rotatable bonds is 6. The van der Waals surface area contributed by atoms with Gasteiger partial charge in [-0.3, -0.25) is 15.0 Å². The van der Waals surface area contributed by atoms with E-state index in [9.17, 15) is 9.59 Å². The largest absolute Gasteiger partial charge is 0.338 e. The van der Waals surface area contributed by atoms with Gasteiger partial charge < -0.3 is 5.32 Å². The van der Waals surface area contributed by atoms with Crippen LogP contribution in [0.1, 0.15) is 39.5 Å². The van der Waals surface area contributed by atoms with E-state index in [1.807, 2.05) is 6.92 Å². The van der Waals surface area contributed by atoms with Crippen LogP contribution < -0.4 is 10.6 Å². The van der Waals surface area contributed by atoms with E-state index in [4.69, 9.17) is 0 Å². The highest BCUT2D eigenvalue weighted by molar-refractivity contribution is 5.95. The van der Waals surface area contributed by atoms with Crippen molar-refractivity contribution in [2.75, 3.05) is 13.1 Å². The first-order valence-corrected chi connectivity index (χ1v) is 6.95. The van der Waals surface area contributed by atoms with Gasteiger partial charge in [0.25, 0.3) is 0 Å². The lowest BCUT2D eigenvalue weighted by atomic mass is 10.1. The normalized spacial score (nSPS) is 20.6. The van der Waals surface area contributed by atoms with Crippen LogP contribution in [-0.2, 0) is 4.79 Å². The molecule has 0 aliphatic heterocycles. The fraction of sp³-hybridized carbons (Fsp3) is 0.846. The van der Waals surface area contributed by atoms with Gasteiger partial charge in [-0.2, -0.15) is 0 Å². The maximum absolute atomic E-state index is 11.8. The Morgan fingerprint density at radius 3 is 2.44 bits per heavy atom. The molecule has 0 radical (unpaired) electrons. The van der Waals surface area contributed by atoms with Crippen LogP contribution in [0.25, 0.3) is 0 Å². The molecule has 5 heteroatoms. The van der Waals surface area contributed by atoms with Crippen molar-refractivity contribution in [3.63, 3.8) is 0 Å². The Morgan fingerprint density at radius 1 is 1.28 bits per heavy atom. The number of imide groups is 1. The first-order valence-electron chi connectivity index (χ1n) is 6.95. The lowest BCUT2D eigenvalue weighted by Gasteiger charge is -2.28. The van der Waals surface area contributed by atoms with E-state index in [0.29, 0.717) is 25.2 Å². The lowest BCUT2D eigenvalue weighted by molar-refractivity contribution is -0.121. The summed E-state index contributed by atoms with van der Waals surface area (Å²) in [6.45, 7) is 4.91. The molecule has 3 amide bonds. The number of carbonyl (C=O) groups excluding carboxylic acids is 2. The van der Waals surface area contributed by atoms with Crippen molar-refractivity contribution < 1.29 is 9.59 Å². The van der Waals surface area contributed by atoms with Gasteiger partial charge in [0.05, 0.1) is 6.54 Å². The highest BCUT2D eigenvalue weighted by atomic mass is 16.2. The molecule has 2 saturated carbocycles. The van der Waals surface area contributed by atoms with E-state index in [1.165, 1.54) is 25.7 Å². The van der Waals surface area contributed by atoms with E-state index in [2.05, 4.69) is 22.5 Å². The van der Waals surface area contributed by atoms with Crippen LogP contribution in [0.2, 0.25) is 0 Å². The molecule has 0 saturated heterocycles. The van der Waals surface area contributed by atoms with Crippen molar-refractivity contribution in [3.8, 4) is 0 Å². The van der Waals surface area contributed by atoms with E-state index in [-0.39, 0.29) is 5.91 Å². The molecule has 0 spiro atoms. The van der Waals surface area contributed by atoms with E-state index >= 15 is 0 Å². The standard InChI is InChI=1S/C13H23N3O2/c1-3-14-13(18)15-12(17)8-16(11-6-7-11)9(2)10-4-5-10/h9-11H,3-8H2,1-2H3,(H2,14,15,17,18). The summed E-state index contributed by atoms with van der Waals surface area (Å²) in [6.07, 6.45) is 4.93. The third-order valence-electron chi connectivity index (χ3n) is 3.76. The van der Waals surface area contributed by atoms with Gasteiger partial charge in [0.15, 0.2) is 0 Å². The predicted octanol–water partition coefficient (Wildman–Crippen LogP) is 1.09. The summed E-state index contributed by atoms with van der Waals surface area (Å²) in [4.78, 5) is 25.3. The zero-order valence-electron chi connectivity index (χ0n) is 11.2. The van der Waals surface area contributed by atoms with Gasteiger partial charge >= 0.3 is 6.03 Å². The van der Waals surface area contributed by atoms with Crippen molar-refractivity contribution in [2.24, 2.45) is 5.92 Å². The zero-order chi connectivity index (χ0) is 13.1. The fourth-order valence-corrected chi connectivity index (χ4v) is 2.40. The molecule has 18 heavy (non-hydrogen) atoms. The number of nitrogens with zero attached hydrogens (tertiary/aromatic N) is 1. The quantitative estimate of drug-likeness (QED) is 0.745. The van der Waals surface area contributed by atoms with Crippen LogP contribution in [0, 0.1) is 5.92 Å². The molecule has 0 bridgehead atoms. The third kappa shape index (κ3) is 3.70. The highest BCUT2D eigenvalue weighted by Gasteiger charge is 2.39. The van der Waals surface area contributed by atoms with E-state index < -0.39 is 6.03 Å². The Bertz CT molecular complexity index is 324. The van der Waals surface area contributed by atoms with Crippen molar-refractivity contribution in [1.29, 1.82) is 0 Å². The van der Waals surface area contributed by atoms with Crippen molar-refractivity contribution in [2.45, 2.75) is 51.6 Å². The Morgan fingerprint density at radius 2 is 1.94 bits per heavy atom. The molecule has 2 aliphatic rings. The molecule has 2 fully saturated rings. The molecule has 0 aromatic heterocycles. The van der Waals surface area contributed by atoms with Gasteiger partial charge in [-0.25, -0.2) is 4.79 Å². The van der Waals surface area contributed by atoms with Gasteiger partial charge in [-0.15, -0.1) is 0 Å². The molecule has 2 rings (SSSR count). The van der Waals surface area contributed by atoms with Crippen molar-refractivity contribution in [1.82, 2.24) is 15.5 Å². The highest BCUT2D eigenvalue weighted by Crippen LogP contribution is 2.39. The van der Waals surface area contributed by atoms with E-state index in [1.54, 1.807) is 0 Å². The van der Waals surface area contributed by atoms with Crippen LogP contribution in [0.4, 0.5) is 4.79 Å². The molecule has 2 N–H and O–H groups in total. The van der Waals surface area contributed by atoms with Crippen LogP contribution >= 0.6 is 0 Å².